The molecule has 0 aliphatic carbocycles. The van der Waals surface area contributed by atoms with E-state index in [1.807, 2.05) is 31.7 Å². The third-order valence-electron chi connectivity index (χ3n) is 3.74. The van der Waals surface area contributed by atoms with Gasteiger partial charge in [-0.2, -0.15) is 0 Å². The SMILES string of the molecule is Cc1ccc(CCCn2ccnc2-c2cnc(C)nc2)cc1. The van der Waals surface area contributed by atoms with Crippen molar-refractivity contribution in [3.8, 4) is 11.4 Å². The van der Waals surface area contributed by atoms with E-state index >= 15 is 0 Å². The van der Waals surface area contributed by atoms with E-state index in [2.05, 4.69) is 50.7 Å². The van der Waals surface area contributed by atoms with Gasteiger partial charge in [-0.15, -0.1) is 0 Å². The van der Waals surface area contributed by atoms with Crippen LogP contribution in [0.15, 0.2) is 49.1 Å². The summed E-state index contributed by atoms with van der Waals surface area (Å²) in [5.74, 6) is 1.71. The van der Waals surface area contributed by atoms with Crippen LogP contribution >= 0.6 is 0 Å². The lowest BCUT2D eigenvalue weighted by Gasteiger charge is -2.08. The molecule has 0 unspecified atom stereocenters. The molecular formula is C18H20N4. The first-order chi connectivity index (χ1) is 10.7. The molecule has 22 heavy (non-hydrogen) atoms. The Bertz CT molecular complexity index is 727. The maximum absolute atomic E-state index is 4.44. The second-order valence-electron chi connectivity index (χ2n) is 5.55. The largest absolute Gasteiger partial charge is 0.331 e. The van der Waals surface area contributed by atoms with Gasteiger partial charge in [-0.05, 0) is 32.3 Å². The minimum absolute atomic E-state index is 0.779. The first-order valence-corrected chi connectivity index (χ1v) is 7.58. The molecule has 112 valence electrons. The van der Waals surface area contributed by atoms with Crippen LogP contribution in [0, 0.1) is 13.8 Å². The predicted octanol–water partition coefficient (Wildman–Crippen LogP) is 3.59. The van der Waals surface area contributed by atoms with Gasteiger partial charge in [-0.3, -0.25) is 0 Å². The van der Waals surface area contributed by atoms with Crippen molar-refractivity contribution in [2.45, 2.75) is 33.2 Å². The van der Waals surface area contributed by atoms with Gasteiger partial charge in [0, 0.05) is 31.3 Å². The van der Waals surface area contributed by atoms with Crippen molar-refractivity contribution in [2.24, 2.45) is 0 Å². The van der Waals surface area contributed by atoms with Crippen LogP contribution in [-0.2, 0) is 13.0 Å². The molecule has 0 saturated carbocycles. The highest BCUT2D eigenvalue weighted by Gasteiger charge is 2.06. The molecule has 0 bridgehead atoms. The number of hydrogen-bond acceptors (Lipinski definition) is 3. The van der Waals surface area contributed by atoms with Crippen LogP contribution < -0.4 is 0 Å². The Labute approximate surface area is 130 Å². The van der Waals surface area contributed by atoms with Crippen molar-refractivity contribution in [1.29, 1.82) is 0 Å². The third-order valence-corrected chi connectivity index (χ3v) is 3.74. The minimum atomic E-state index is 0.779. The first-order valence-electron chi connectivity index (χ1n) is 7.58. The van der Waals surface area contributed by atoms with Crippen LogP contribution in [0.3, 0.4) is 0 Å². The number of nitrogens with zero attached hydrogens (tertiary/aromatic N) is 4. The molecule has 1 aromatic carbocycles. The standard InChI is InChI=1S/C18H20N4/c1-14-5-7-16(8-6-14)4-3-10-22-11-9-19-18(22)17-12-20-15(2)21-13-17/h5-9,11-13H,3-4,10H2,1-2H3. The van der Waals surface area contributed by atoms with Crippen LogP contribution in [-0.4, -0.2) is 19.5 Å². The third kappa shape index (κ3) is 3.39. The fourth-order valence-corrected chi connectivity index (χ4v) is 2.47. The molecule has 4 heteroatoms. The Morgan fingerprint density at radius 2 is 1.68 bits per heavy atom. The second kappa shape index (κ2) is 6.52. The van der Waals surface area contributed by atoms with Crippen molar-refractivity contribution >= 4 is 0 Å². The van der Waals surface area contributed by atoms with E-state index in [9.17, 15) is 0 Å². The van der Waals surface area contributed by atoms with Gasteiger partial charge in [0.15, 0.2) is 0 Å². The lowest BCUT2D eigenvalue weighted by molar-refractivity contribution is 0.647. The van der Waals surface area contributed by atoms with E-state index in [0.29, 0.717) is 0 Å². The second-order valence-corrected chi connectivity index (χ2v) is 5.55. The van der Waals surface area contributed by atoms with Crippen molar-refractivity contribution < 1.29 is 0 Å². The molecule has 3 rings (SSSR count). The maximum atomic E-state index is 4.44. The van der Waals surface area contributed by atoms with Gasteiger partial charge >= 0.3 is 0 Å². The highest BCUT2D eigenvalue weighted by Crippen LogP contribution is 2.16. The number of hydrogen-bond donors (Lipinski definition) is 0. The van der Waals surface area contributed by atoms with E-state index in [4.69, 9.17) is 0 Å². The molecule has 0 spiro atoms. The minimum Gasteiger partial charge on any atom is -0.331 e. The van der Waals surface area contributed by atoms with Gasteiger partial charge in [0.25, 0.3) is 0 Å². The molecule has 0 atom stereocenters. The van der Waals surface area contributed by atoms with E-state index in [1.165, 1.54) is 11.1 Å². The smallest absolute Gasteiger partial charge is 0.143 e. The normalized spacial score (nSPS) is 10.8. The van der Waals surface area contributed by atoms with Crippen molar-refractivity contribution in [3.05, 3.63) is 66.0 Å². The summed E-state index contributed by atoms with van der Waals surface area (Å²) in [5.41, 5.74) is 3.65. The van der Waals surface area contributed by atoms with Crippen LogP contribution in [0.5, 0.6) is 0 Å². The summed E-state index contributed by atoms with van der Waals surface area (Å²) in [6, 6.07) is 8.75. The monoisotopic (exact) mass is 292 g/mol. The Morgan fingerprint density at radius 1 is 0.955 bits per heavy atom. The van der Waals surface area contributed by atoms with Crippen LogP contribution in [0.2, 0.25) is 0 Å². The Kier molecular flexibility index (Phi) is 4.28. The lowest BCUT2D eigenvalue weighted by Crippen LogP contribution is -2.02. The quantitative estimate of drug-likeness (QED) is 0.722. The summed E-state index contributed by atoms with van der Waals surface area (Å²) in [6.07, 6.45) is 9.68. The van der Waals surface area contributed by atoms with E-state index in [0.717, 1.165) is 36.6 Å². The van der Waals surface area contributed by atoms with Crippen molar-refractivity contribution in [2.75, 3.05) is 0 Å². The fraction of sp³-hybridized carbons (Fsp3) is 0.278. The van der Waals surface area contributed by atoms with Crippen LogP contribution in [0.1, 0.15) is 23.4 Å². The number of imidazole rings is 1. The summed E-state index contributed by atoms with van der Waals surface area (Å²) >= 11 is 0. The molecule has 0 saturated heterocycles. The highest BCUT2D eigenvalue weighted by molar-refractivity contribution is 5.52. The lowest BCUT2D eigenvalue weighted by atomic mass is 10.1. The number of aromatic nitrogens is 4. The van der Waals surface area contributed by atoms with Gasteiger partial charge in [0.2, 0.25) is 0 Å². The van der Waals surface area contributed by atoms with Crippen LogP contribution in [0.25, 0.3) is 11.4 Å². The van der Waals surface area contributed by atoms with E-state index in [1.54, 1.807) is 0 Å². The van der Waals surface area contributed by atoms with Crippen molar-refractivity contribution in [1.82, 2.24) is 19.5 Å². The summed E-state index contributed by atoms with van der Waals surface area (Å²) in [4.78, 5) is 12.9. The van der Waals surface area contributed by atoms with Crippen molar-refractivity contribution in [3.63, 3.8) is 0 Å². The number of rotatable bonds is 5. The summed E-state index contributed by atoms with van der Waals surface area (Å²) in [6.45, 7) is 4.94. The van der Waals surface area contributed by atoms with Gasteiger partial charge in [0.1, 0.15) is 11.6 Å². The molecule has 2 heterocycles. The first kappa shape index (κ1) is 14.4. The number of benzene rings is 1. The van der Waals surface area contributed by atoms with Gasteiger partial charge in [0.05, 0.1) is 5.56 Å². The van der Waals surface area contributed by atoms with Gasteiger partial charge in [-0.1, -0.05) is 29.8 Å². The summed E-state index contributed by atoms with van der Waals surface area (Å²) < 4.78 is 2.17. The Balaban J connectivity index is 1.65. The zero-order valence-electron chi connectivity index (χ0n) is 13.0. The zero-order valence-corrected chi connectivity index (χ0v) is 13.0. The highest BCUT2D eigenvalue weighted by atomic mass is 15.1. The molecule has 0 aliphatic rings. The molecule has 0 fully saturated rings. The summed E-state index contributed by atoms with van der Waals surface area (Å²) in [5, 5.41) is 0. The van der Waals surface area contributed by atoms with Gasteiger partial charge in [-0.25, -0.2) is 15.0 Å². The zero-order chi connectivity index (χ0) is 15.4. The topological polar surface area (TPSA) is 43.6 Å². The molecule has 0 radical (unpaired) electrons. The molecule has 0 N–H and O–H groups in total. The van der Waals surface area contributed by atoms with Gasteiger partial charge < -0.3 is 4.57 Å². The molecule has 0 amide bonds. The Morgan fingerprint density at radius 3 is 2.41 bits per heavy atom. The molecule has 2 aromatic heterocycles. The molecule has 3 aromatic rings. The van der Waals surface area contributed by atoms with E-state index in [-0.39, 0.29) is 0 Å². The molecule has 0 aliphatic heterocycles. The average molecular weight is 292 g/mol. The fourth-order valence-electron chi connectivity index (χ4n) is 2.47. The number of aryl methyl sites for hydroxylation is 4. The molecular weight excluding hydrogens is 272 g/mol. The maximum Gasteiger partial charge on any atom is 0.143 e. The van der Waals surface area contributed by atoms with Crippen LogP contribution in [0.4, 0.5) is 0 Å². The predicted molar refractivity (Wildman–Crippen MR) is 87.5 cm³/mol. The molecule has 4 nitrogen and oxygen atoms in total. The average Bonchev–Trinajstić information content (AvgIpc) is 2.98. The Hall–Kier alpha value is -2.49. The van der Waals surface area contributed by atoms with E-state index < -0.39 is 0 Å². The summed E-state index contributed by atoms with van der Waals surface area (Å²) in [7, 11) is 0.